The van der Waals surface area contributed by atoms with Crippen LogP contribution in [0.4, 0.5) is 5.69 Å². The number of thiocarbonyl (C=S) groups is 1. The zero-order valence-corrected chi connectivity index (χ0v) is 19.7. The number of alkyl halides is 3. The highest BCUT2D eigenvalue weighted by atomic mass is 127. The second-order valence-corrected chi connectivity index (χ2v) is 10.0. The molecule has 0 saturated carbocycles. The molecular formula is C16H12BrCl3IN3OS. The number of anilines is 1. The highest BCUT2D eigenvalue weighted by molar-refractivity contribution is 14.1. The first-order chi connectivity index (χ1) is 12.1. The normalized spacial score (nSPS) is 12.2. The minimum atomic E-state index is -1.82. The Balaban J connectivity index is 2.06. The van der Waals surface area contributed by atoms with E-state index in [9.17, 15) is 4.79 Å². The fourth-order valence-electron chi connectivity index (χ4n) is 1.88. The van der Waals surface area contributed by atoms with Crippen LogP contribution in [0.2, 0.25) is 0 Å². The predicted octanol–water partition coefficient (Wildman–Crippen LogP) is 5.47. The topological polar surface area (TPSA) is 53.2 Å². The standard InChI is InChI=1S/C16H12BrCl3IN3OS/c17-10-3-1-2-9(8-10)13(25)23-14(16(18,19)20)24-15(26)22-12-6-4-11(21)5-7-12/h1-8,14H,(H,23,25)(H2,22,24,26)/t14-/m0/s1. The summed E-state index contributed by atoms with van der Waals surface area (Å²) >= 11 is 28.7. The first-order valence-electron chi connectivity index (χ1n) is 7.11. The molecule has 2 aromatic carbocycles. The Morgan fingerprint density at radius 2 is 1.77 bits per heavy atom. The fraction of sp³-hybridized carbons (Fsp3) is 0.125. The molecule has 1 amide bonds. The second kappa shape index (κ2) is 9.75. The smallest absolute Gasteiger partial charge is 0.253 e. The van der Waals surface area contributed by atoms with Gasteiger partial charge in [0.1, 0.15) is 6.17 Å². The summed E-state index contributed by atoms with van der Waals surface area (Å²) in [6, 6.07) is 14.4. The summed E-state index contributed by atoms with van der Waals surface area (Å²) in [7, 11) is 0. The van der Waals surface area contributed by atoms with Gasteiger partial charge in [-0.25, -0.2) is 0 Å². The molecule has 1 atom stereocenters. The van der Waals surface area contributed by atoms with Crippen molar-refractivity contribution in [3.63, 3.8) is 0 Å². The maximum atomic E-state index is 12.4. The van der Waals surface area contributed by atoms with Crippen LogP contribution in [0.1, 0.15) is 10.4 Å². The average molecular weight is 608 g/mol. The molecule has 0 aliphatic rings. The molecule has 0 aliphatic carbocycles. The molecule has 138 valence electrons. The van der Waals surface area contributed by atoms with Gasteiger partial charge in [-0.2, -0.15) is 0 Å². The molecule has 0 spiro atoms. The molecule has 26 heavy (non-hydrogen) atoms. The number of benzene rings is 2. The molecule has 0 fully saturated rings. The van der Waals surface area contributed by atoms with E-state index in [1.54, 1.807) is 18.2 Å². The van der Waals surface area contributed by atoms with Crippen molar-refractivity contribution in [2.45, 2.75) is 9.96 Å². The highest BCUT2D eigenvalue weighted by Gasteiger charge is 2.34. The molecule has 0 aliphatic heterocycles. The van der Waals surface area contributed by atoms with Gasteiger partial charge in [0.2, 0.25) is 3.79 Å². The van der Waals surface area contributed by atoms with Crippen molar-refractivity contribution in [2.75, 3.05) is 5.32 Å². The minimum Gasteiger partial charge on any atom is -0.339 e. The molecule has 2 aromatic rings. The van der Waals surface area contributed by atoms with Crippen molar-refractivity contribution in [3.8, 4) is 0 Å². The van der Waals surface area contributed by atoms with E-state index in [1.165, 1.54) is 0 Å². The molecule has 0 saturated heterocycles. The number of nitrogens with one attached hydrogen (secondary N) is 3. The van der Waals surface area contributed by atoms with E-state index in [0.717, 1.165) is 13.7 Å². The lowest BCUT2D eigenvalue weighted by Crippen LogP contribution is -2.56. The molecule has 10 heteroatoms. The molecule has 4 nitrogen and oxygen atoms in total. The zero-order valence-electron chi connectivity index (χ0n) is 12.9. The number of hydrogen-bond acceptors (Lipinski definition) is 2. The summed E-state index contributed by atoms with van der Waals surface area (Å²) < 4.78 is 0.0337. The van der Waals surface area contributed by atoms with Crippen molar-refractivity contribution < 1.29 is 4.79 Å². The fourth-order valence-corrected chi connectivity index (χ4v) is 3.20. The first-order valence-corrected chi connectivity index (χ1v) is 10.5. The molecule has 0 bridgehead atoms. The van der Waals surface area contributed by atoms with Gasteiger partial charge in [-0.05, 0) is 77.3 Å². The first kappa shape index (κ1) is 22.0. The van der Waals surface area contributed by atoms with Crippen LogP contribution in [0.15, 0.2) is 53.0 Å². The van der Waals surface area contributed by atoms with Crippen LogP contribution in [-0.4, -0.2) is 21.0 Å². The van der Waals surface area contributed by atoms with Crippen molar-refractivity contribution in [2.24, 2.45) is 0 Å². The van der Waals surface area contributed by atoms with Gasteiger partial charge in [-0.1, -0.05) is 56.8 Å². The Kier molecular flexibility index (Phi) is 8.24. The molecule has 0 heterocycles. The van der Waals surface area contributed by atoms with Gasteiger partial charge in [-0.15, -0.1) is 0 Å². The lowest BCUT2D eigenvalue weighted by Gasteiger charge is -2.27. The van der Waals surface area contributed by atoms with Gasteiger partial charge in [0.25, 0.3) is 5.91 Å². The summed E-state index contributed by atoms with van der Waals surface area (Å²) in [5.41, 5.74) is 1.18. The number of carbonyl (C=O) groups excluding carboxylic acids is 1. The molecule has 0 aromatic heterocycles. The van der Waals surface area contributed by atoms with Crippen LogP contribution in [0.25, 0.3) is 0 Å². The van der Waals surface area contributed by atoms with Crippen LogP contribution >= 0.6 is 85.5 Å². The van der Waals surface area contributed by atoms with Gasteiger partial charge in [0, 0.05) is 19.3 Å². The van der Waals surface area contributed by atoms with Crippen molar-refractivity contribution >= 4 is 102 Å². The third-order valence-electron chi connectivity index (χ3n) is 3.07. The van der Waals surface area contributed by atoms with E-state index in [0.29, 0.717) is 5.56 Å². The summed E-state index contributed by atoms with van der Waals surface area (Å²) in [4.78, 5) is 12.4. The van der Waals surface area contributed by atoms with E-state index < -0.39 is 15.9 Å². The summed E-state index contributed by atoms with van der Waals surface area (Å²) in [5, 5.41) is 8.63. The molecule has 0 unspecified atom stereocenters. The van der Waals surface area contributed by atoms with Crippen molar-refractivity contribution in [3.05, 3.63) is 62.1 Å². The van der Waals surface area contributed by atoms with Crippen molar-refractivity contribution in [1.82, 2.24) is 10.6 Å². The number of amides is 1. The SMILES string of the molecule is O=C(N[C@@H](NC(=S)Nc1ccc(I)cc1)C(Cl)(Cl)Cl)c1cccc(Br)c1. The van der Waals surface area contributed by atoms with Gasteiger partial charge < -0.3 is 16.0 Å². The number of hydrogen-bond donors (Lipinski definition) is 3. The Labute approximate surface area is 193 Å². The third-order valence-corrected chi connectivity index (χ3v) is 5.15. The second-order valence-electron chi connectivity index (χ2n) is 5.06. The molecule has 0 radical (unpaired) electrons. The van der Waals surface area contributed by atoms with E-state index in [-0.39, 0.29) is 5.11 Å². The maximum Gasteiger partial charge on any atom is 0.253 e. The van der Waals surface area contributed by atoms with Crippen molar-refractivity contribution in [1.29, 1.82) is 0 Å². The zero-order chi connectivity index (χ0) is 19.3. The predicted molar refractivity (Wildman–Crippen MR) is 124 cm³/mol. The molecule has 2 rings (SSSR count). The quantitative estimate of drug-likeness (QED) is 0.187. The Hall–Kier alpha value is -0.320. The summed E-state index contributed by atoms with van der Waals surface area (Å²) in [5.74, 6) is -0.410. The van der Waals surface area contributed by atoms with Crippen LogP contribution in [0, 0.1) is 3.57 Å². The van der Waals surface area contributed by atoms with Crippen LogP contribution in [0.3, 0.4) is 0 Å². The van der Waals surface area contributed by atoms with Gasteiger partial charge in [0.15, 0.2) is 5.11 Å². The molecular weight excluding hydrogens is 595 g/mol. The average Bonchev–Trinajstić information content (AvgIpc) is 2.55. The third kappa shape index (κ3) is 7.01. The van der Waals surface area contributed by atoms with Gasteiger partial charge in [0.05, 0.1) is 0 Å². The van der Waals surface area contributed by atoms with E-state index in [2.05, 4.69) is 54.5 Å². The lowest BCUT2D eigenvalue weighted by atomic mass is 10.2. The Morgan fingerprint density at radius 3 is 2.35 bits per heavy atom. The molecule has 3 N–H and O–H groups in total. The Morgan fingerprint density at radius 1 is 1.12 bits per heavy atom. The highest BCUT2D eigenvalue weighted by Crippen LogP contribution is 2.29. The number of carbonyl (C=O) groups is 1. The summed E-state index contributed by atoms with van der Waals surface area (Å²) in [6.45, 7) is 0. The monoisotopic (exact) mass is 605 g/mol. The van der Waals surface area contributed by atoms with Crippen LogP contribution < -0.4 is 16.0 Å². The lowest BCUT2D eigenvalue weighted by molar-refractivity contribution is 0.0934. The van der Waals surface area contributed by atoms with Gasteiger partial charge in [-0.3, -0.25) is 4.79 Å². The minimum absolute atomic E-state index is 0.206. The number of rotatable bonds is 4. The van der Waals surface area contributed by atoms with Crippen LogP contribution in [-0.2, 0) is 0 Å². The van der Waals surface area contributed by atoms with E-state index >= 15 is 0 Å². The number of halogens is 5. The maximum absolute atomic E-state index is 12.4. The van der Waals surface area contributed by atoms with E-state index in [1.807, 2.05) is 30.3 Å². The van der Waals surface area contributed by atoms with Gasteiger partial charge >= 0.3 is 0 Å². The Bertz CT molecular complexity index is 802. The van der Waals surface area contributed by atoms with Crippen LogP contribution in [0.5, 0.6) is 0 Å². The largest absolute Gasteiger partial charge is 0.339 e. The van der Waals surface area contributed by atoms with E-state index in [4.69, 9.17) is 47.0 Å². The summed E-state index contributed by atoms with van der Waals surface area (Å²) in [6.07, 6.45) is -1.04.